The van der Waals surface area contributed by atoms with Gasteiger partial charge in [0.1, 0.15) is 0 Å². The van der Waals surface area contributed by atoms with E-state index in [1.54, 1.807) is 13.8 Å². The summed E-state index contributed by atoms with van der Waals surface area (Å²) in [5.74, 6) is 0. The van der Waals surface area contributed by atoms with Gasteiger partial charge in [-0.3, -0.25) is 0 Å². The predicted molar refractivity (Wildman–Crippen MR) is 36.1 cm³/mol. The van der Waals surface area contributed by atoms with Gasteiger partial charge in [0.05, 0.1) is 6.10 Å². The van der Waals surface area contributed by atoms with E-state index in [1.165, 1.54) is 0 Å². The van der Waals surface area contributed by atoms with Gasteiger partial charge in [-0.05, 0) is 13.8 Å². The fraction of sp³-hybridized carbons (Fsp3) is 1.00. The van der Waals surface area contributed by atoms with E-state index in [0.717, 1.165) is 0 Å². The maximum atomic E-state index is 8.12. The fourth-order valence-corrected chi connectivity index (χ4v) is 0.566. The standard InChI is InChI=1S/C3H9O3P.Mg.2H/c1-3(2)6-7(4)5;;;/h3-5H,1-2H3;;;. The minimum Gasteiger partial charge on any atom is -0.328 e. The maximum absolute atomic E-state index is 8.12. The van der Waals surface area contributed by atoms with Crippen molar-refractivity contribution in [3.05, 3.63) is 0 Å². The molecule has 2 N–H and O–H groups in total. The molecule has 0 aromatic carbocycles. The molecule has 0 unspecified atom stereocenters. The molecule has 0 saturated heterocycles. The Balaban J connectivity index is 0. The van der Waals surface area contributed by atoms with Crippen LogP contribution < -0.4 is 0 Å². The SMILES string of the molecule is CC(C)OP(O)O.[MgH2]. The largest absolute Gasteiger partial charge is 0.328 e. The first-order chi connectivity index (χ1) is 3.13. The molecular weight excluding hydrogens is 139 g/mol. The smallest absolute Gasteiger partial charge is 0.327 e. The highest BCUT2D eigenvalue weighted by Crippen LogP contribution is 2.25. The van der Waals surface area contributed by atoms with Crippen LogP contribution in [-0.4, -0.2) is 38.9 Å². The third kappa shape index (κ3) is 10.1. The van der Waals surface area contributed by atoms with E-state index in [1.807, 2.05) is 0 Å². The van der Waals surface area contributed by atoms with Crippen molar-refractivity contribution < 1.29 is 14.3 Å². The van der Waals surface area contributed by atoms with Gasteiger partial charge in [-0.1, -0.05) is 0 Å². The first-order valence-corrected chi connectivity index (χ1v) is 3.14. The van der Waals surface area contributed by atoms with Gasteiger partial charge in [0.15, 0.2) is 0 Å². The van der Waals surface area contributed by atoms with Crippen LogP contribution in [0, 0.1) is 0 Å². The van der Waals surface area contributed by atoms with Crippen molar-refractivity contribution in [3.8, 4) is 0 Å². The van der Waals surface area contributed by atoms with E-state index in [0.29, 0.717) is 0 Å². The highest BCUT2D eigenvalue weighted by Gasteiger charge is 2.00. The van der Waals surface area contributed by atoms with E-state index in [-0.39, 0.29) is 29.2 Å². The maximum Gasteiger partial charge on any atom is 0.327 e. The molecule has 8 heavy (non-hydrogen) atoms. The lowest BCUT2D eigenvalue weighted by Crippen LogP contribution is -1.95. The summed E-state index contributed by atoms with van der Waals surface area (Å²) in [6.07, 6.45) is -0.0962. The Morgan fingerprint density at radius 2 is 1.75 bits per heavy atom. The predicted octanol–water partition coefficient (Wildman–Crippen LogP) is -0.293. The number of rotatable bonds is 2. The van der Waals surface area contributed by atoms with Crippen LogP contribution in [-0.2, 0) is 4.52 Å². The first kappa shape index (κ1) is 11.8. The molecule has 0 aliphatic carbocycles. The van der Waals surface area contributed by atoms with Gasteiger partial charge < -0.3 is 14.3 Å². The van der Waals surface area contributed by atoms with Crippen molar-refractivity contribution in [1.29, 1.82) is 0 Å². The third-order valence-electron chi connectivity index (χ3n) is 0.305. The molecule has 0 aromatic heterocycles. The van der Waals surface area contributed by atoms with Crippen molar-refractivity contribution in [2.24, 2.45) is 0 Å². The van der Waals surface area contributed by atoms with Crippen LogP contribution in [0.2, 0.25) is 0 Å². The molecule has 0 heterocycles. The highest BCUT2D eigenvalue weighted by atomic mass is 31.2. The molecule has 0 aliphatic heterocycles. The summed E-state index contributed by atoms with van der Waals surface area (Å²) in [5.41, 5.74) is 0. The average Bonchev–Trinajstić information content (AvgIpc) is 1.27. The van der Waals surface area contributed by atoms with Gasteiger partial charge in [0, 0.05) is 0 Å². The van der Waals surface area contributed by atoms with Gasteiger partial charge >= 0.3 is 31.7 Å². The van der Waals surface area contributed by atoms with Crippen molar-refractivity contribution in [1.82, 2.24) is 0 Å². The topological polar surface area (TPSA) is 49.7 Å². The van der Waals surface area contributed by atoms with Crippen LogP contribution in [0.5, 0.6) is 0 Å². The second-order valence-corrected chi connectivity index (χ2v) is 2.12. The second kappa shape index (κ2) is 6.20. The number of hydrogen-bond acceptors (Lipinski definition) is 3. The molecule has 0 radical (unpaired) electrons. The van der Waals surface area contributed by atoms with E-state index < -0.39 is 8.60 Å². The summed E-state index contributed by atoms with van der Waals surface area (Å²) in [7, 11) is -2.14. The summed E-state index contributed by atoms with van der Waals surface area (Å²) in [6.45, 7) is 3.48. The zero-order chi connectivity index (χ0) is 5.86. The van der Waals surface area contributed by atoms with Crippen molar-refractivity contribution >= 4 is 31.7 Å². The van der Waals surface area contributed by atoms with E-state index >= 15 is 0 Å². The molecule has 0 amide bonds. The molecule has 48 valence electrons. The van der Waals surface area contributed by atoms with Gasteiger partial charge in [0.25, 0.3) is 0 Å². The summed E-state index contributed by atoms with van der Waals surface area (Å²) >= 11 is 0. The van der Waals surface area contributed by atoms with Crippen LogP contribution in [0.15, 0.2) is 0 Å². The fourth-order valence-electron chi connectivity index (χ4n) is 0.189. The van der Waals surface area contributed by atoms with Crippen molar-refractivity contribution in [2.45, 2.75) is 20.0 Å². The van der Waals surface area contributed by atoms with Crippen LogP contribution in [0.1, 0.15) is 13.8 Å². The monoisotopic (exact) mass is 150 g/mol. The minimum absolute atomic E-state index is 0. The quantitative estimate of drug-likeness (QED) is 0.420. The first-order valence-electron chi connectivity index (χ1n) is 1.97. The van der Waals surface area contributed by atoms with Gasteiger partial charge in [-0.25, -0.2) is 0 Å². The van der Waals surface area contributed by atoms with E-state index in [4.69, 9.17) is 9.79 Å². The summed E-state index contributed by atoms with van der Waals surface area (Å²) < 4.78 is 4.43. The lowest BCUT2D eigenvalue weighted by molar-refractivity contribution is 0.201. The molecule has 0 fully saturated rings. The highest BCUT2D eigenvalue weighted by molar-refractivity contribution is 7.39. The molecule has 5 heteroatoms. The zero-order valence-corrected chi connectivity index (χ0v) is 5.22. The Hall–Kier alpha value is 1.08. The van der Waals surface area contributed by atoms with E-state index in [9.17, 15) is 0 Å². The second-order valence-electron chi connectivity index (χ2n) is 1.41. The van der Waals surface area contributed by atoms with Crippen LogP contribution in [0.3, 0.4) is 0 Å². The van der Waals surface area contributed by atoms with Crippen molar-refractivity contribution in [2.75, 3.05) is 0 Å². The molecule has 0 saturated carbocycles. The Kier molecular flexibility index (Phi) is 9.16. The Morgan fingerprint density at radius 1 is 1.38 bits per heavy atom. The Morgan fingerprint density at radius 3 is 1.75 bits per heavy atom. The minimum atomic E-state index is -2.14. The molecule has 0 spiro atoms. The van der Waals surface area contributed by atoms with Crippen LogP contribution >= 0.6 is 8.60 Å². The molecule has 0 aromatic rings. The van der Waals surface area contributed by atoms with Gasteiger partial charge in [-0.2, -0.15) is 0 Å². The third-order valence-corrected chi connectivity index (χ3v) is 0.915. The molecular formula is C3H11MgO3P. The average molecular weight is 150 g/mol. The van der Waals surface area contributed by atoms with Crippen LogP contribution in [0.4, 0.5) is 0 Å². The Bertz CT molecular complexity index is 43.8. The van der Waals surface area contributed by atoms with Crippen molar-refractivity contribution in [3.63, 3.8) is 0 Å². The number of hydrogen-bond donors (Lipinski definition) is 2. The summed E-state index contributed by atoms with van der Waals surface area (Å²) in [6, 6.07) is 0. The molecule has 3 nitrogen and oxygen atoms in total. The van der Waals surface area contributed by atoms with Crippen LogP contribution in [0.25, 0.3) is 0 Å². The lowest BCUT2D eigenvalue weighted by atomic mass is 10.5. The molecule has 0 atom stereocenters. The lowest BCUT2D eigenvalue weighted by Gasteiger charge is -2.04. The summed E-state index contributed by atoms with van der Waals surface area (Å²) in [5, 5.41) is 0. The normalized spacial score (nSPS) is 9.75. The molecule has 0 aliphatic rings. The molecule has 0 rings (SSSR count). The Labute approximate surface area is 66.2 Å². The van der Waals surface area contributed by atoms with Gasteiger partial charge in [0.2, 0.25) is 0 Å². The van der Waals surface area contributed by atoms with Gasteiger partial charge in [-0.15, -0.1) is 0 Å². The zero-order valence-electron chi connectivity index (χ0n) is 4.33. The summed E-state index contributed by atoms with van der Waals surface area (Å²) in [4.78, 5) is 16.2. The van der Waals surface area contributed by atoms with E-state index in [2.05, 4.69) is 4.52 Å². The molecule has 0 bridgehead atoms.